The van der Waals surface area contributed by atoms with Crippen molar-refractivity contribution in [1.82, 2.24) is 0 Å². The van der Waals surface area contributed by atoms with Gasteiger partial charge in [0, 0.05) is 6.04 Å². The fraction of sp³-hybridized carbons (Fsp3) is 0.600. The molecule has 0 saturated heterocycles. The summed E-state index contributed by atoms with van der Waals surface area (Å²) in [5.41, 5.74) is 7.52. The summed E-state index contributed by atoms with van der Waals surface area (Å²) in [6.07, 6.45) is 4.83. The van der Waals surface area contributed by atoms with Gasteiger partial charge in [0.2, 0.25) is 0 Å². The van der Waals surface area contributed by atoms with Crippen molar-refractivity contribution in [2.24, 2.45) is 5.73 Å². The zero-order chi connectivity index (χ0) is 13.0. The van der Waals surface area contributed by atoms with Gasteiger partial charge in [0.1, 0.15) is 0 Å². The third-order valence-corrected chi connectivity index (χ3v) is 3.74. The van der Waals surface area contributed by atoms with Crippen LogP contribution in [0.4, 0.5) is 0 Å². The number of methoxy groups -OCH3 is 1. The minimum Gasteiger partial charge on any atom is -0.493 e. The third-order valence-electron chi connectivity index (χ3n) is 3.74. The van der Waals surface area contributed by atoms with E-state index in [0.717, 1.165) is 17.9 Å². The van der Waals surface area contributed by atoms with Gasteiger partial charge in [-0.2, -0.15) is 0 Å². The lowest BCUT2D eigenvalue weighted by Crippen LogP contribution is -2.31. The molecule has 0 unspecified atom stereocenters. The highest BCUT2D eigenvalue weighted by atomic mass is 16.5. The molecule has 0 aromatic heterocycles. The van der Waals surface area contributed by atoms with Crippen LogP contribution in [-0.2, 0) is 0 Å². The summed E-state index contributed by atoms with van der Waals surface area (Å²) in [6.45, 7) is 2.63. The van der Waals surface area contributed by atoms with E-state index in [2.05, 4.69) is 12.1 Å². The first-order valence-corrected chi connectivity index (χ1v) is 6.82. The lowest BCUT2D eigenvalue weighted by molar-refractivity contribution is 0.309. The van der Waals surface area contributed by atoms with E-state index in [9.17, 15) is 0 Å². The molecule has 0 radical (unpaired) electrons. The fourth-order valence-corrected chi connectivity index (χ4v) is 2.77. The Morgan fingerprint density at radius 1 is 1.22 bits per heavy atom. The summed E-state index contributed by atoms with van der Waals surface area (Å²) in [6, 6.07) is 6.48. The van der Waals surface area contributed by atoms with E-state index in [1.807, 2.05) is 13.0 Å². The highest BCUT2D eigenvalue weighted by Gasteiger charge is 2.24. The Morgan fingerprint density at radius 2 is 2.00 bits per heavy atom. The second-order valence-corrected chi connectivity index (χ2v) is 4.90. The van der Waals surface area contributed by atoms with E-state index in [4.69, 9.17) is 15.2 Å². The summed E-state index contributed by atoms with van der Waals surface area (Å²) < 4.78 is 10.9. The predicted molar refractivity (Wildman–Crippen MR) is 73.3 cm³/mol. The second kappa shape index (κ2) is 6.10. The summed E-state index contributed by atoms with van der Waals surface area (Å²) in [5.74, 6) is 2.09. The molecule has 0 spiro atoms. The van der Waals surface area contributed by atoms with Crippen LogP contribution in [-0.4, -0.2) is 19.8 Å². The minimum absolute atomic E-state index is 0.279. The number of ether oxygens (including phenoxy) is 2. The van der Waals surface area contributed by atoms with Gasteiger partial charge in [-0.25, -0.2) is 0 Å². The van der Waals surface area contributed by atoms with E-state index < -0.39 is 0 Å². The molecule has 2 atom stereocenters. The van der Waals surface area contributed by atoms with Gasteiger partial charge >= 0.3 is 0 Å². The highest BCUT2D eigenvalue weighted by Crippen LogP contribution is 2.36. The van der Waals surface area contributed by atoms with Crippen LogP contribution in [0.5, 0.6) is 11.5 Å². The third kappa shape index (κ3) is 2.78. The molecule has 0 aliphatic heterocycles. The quantitative estimate of drug-likeness (QED) is 0.892. The molecule has 0 heterocycles. The maximum Gasteiger partial charge on any atom is 0.161 e. The summed E-state index contributed by atoms with van der Waals surface area (Å²) in [4.78, 5) is 0. The van der Waals surface area contributed by atoms with Crippen molar-refractivity contribution in [3.8, 4) is 11.5 Å². The van der Waals surface area contributed by atoms with Crippen LogP contribution < -0.4 is 15.2 Å². The van der Waals surface area contributed by atoms with Crippen LogP contribution in [0.25, 0.3) is 0 Å². The Kier molecular flexibility index (Phi) is 4.48. The Balaban J connectivity index is 2.24. The normalized spacial score (nSPS) is 23.7. The van der Waals surface area contributed by atoms with Crippen LogP contribution in [0, 0.1) is 0 Å². The van der Waals surface area contributed by atoms with Gasteiger partial charge in [-0.15, -0.1) is 0 Å². The van der Waals surface area contributed by atoms with Crippen molar-refractivity contribution in [2.45, 2.75) is 44.6 Å². The number of hydrogen-bond donors (Lipinski definition) is 1. The first-order chi connectivity index (χ1) is 8.76. The molecule has 1 aromatic carbocycles. The zero-order valence-corrected chi connectivity index (χ0v) is 11.3. The van der Waals surface area contributed by atoms with Crippen LogP contribution in [0.2, 0.25) is 0 Å². The Morgan fingerprint density at radius 3 is 2.67 bits per heavy atom. The molecule has 1 aliphatic carbocycles. The van der Waals surface area contributed by atoms with E-state index in [1.165, 1.54) is 24.8 Å². The zero-order valence-electron chi connectivity index (χ0n) is 11.3. The number of rotatable bonds is 4. The lowest BCUT2D eigenvalue weighted by Gasteiger charge is -2.29. The Hall–Kier alpha value is -1.22. The topological polar surface area (TPSA) is 44.5 Å². The molecular weight excluding hydrogens is 226 g/mol. The first-order valence-electron chi connectivity index (χ1n) is 6.82. The van der Waals surface area contributed by atoms with Gasteiger partial charge in [0.05, 0.1) is 13.7 Å². The van der Waals surface area contributed by atoms with E-state index in [-0.39, 0.29) is 6.04 Å². The molecule has 0 bridgehead atoms. The summed E-state index contributed by atoms with van der Waals surface area (Å²) in [7, 11) is 1.67. The monoisotopic (exact) mass is 249 g/mol. The maximum absolute atomic E-state index is 6.23. The van der Waals surface area contributed by atoms with Gasteiger partial charge in [-0.3, -0.25) is 0 Å². The molecular formula is C15H23NO2. The van der Waals surface area contributed by atoms with Crippen molar-refractivity contribution in [1.29, 1.82) is 0 Å². The first kappa shape index (κ1) is 13.2. The summed E-state index contributed by atoms with van der Waals surface area (Å²) in [5, 5.41) is 0. The smallest absolute Gasteiger partial charge is 0.161 e. The summed E-state index contributed by atoms with van der Waals surface area (Å²) >= 11 is 0. The van der Waals surface area contributed by atoms with E-state index >= 15 is 0 Å². The molecule has 1 aliphatic rings. The Bertz CT molecular complexity index is 392. The number of nitrogens with two attached hydrogens (primary N) is 1. The second-order valence-electron chi connectivity index (χ2n) is 4.90. The Labute approximate surface area is 109 Å². The molecule has 3 nitrogen and oxygen atoms in total. The molecule has 0 amide bonds. The largest absolute Gasteiger partial charge is 0.493 e. The van der Waals surface area contributed by atoms with Gasteiger partial charge < -0.3 is 15.2 Å². The van der Waals surface area contributed by atoms with Crippen LogP contribution in [0.15, 0.2) is 18.2 Å². The number of hydrogen-bond acceptors (Lipinski definition) is 3. The van der Waals surface area contributed by atoms with Crippen molar-refractivity contribution in [3.05, 3.63) is 23.8 Å². The van der Waals surface area contributed by atoms with Gasteiger partial charge in [0.15, 0.2) is 11.5 Å². The van der Waals surface area contributed by atoms with Crippen molar-refractivity contribution in [3.63, 3.8) is 0 Å². The highest BCUT2D eigenvalue weighted by molar-refractivity contribution is 5.44. The fourth-order valence-electron chi connectivity index (χ4n) is 2.77. The van der Waals surface area contributed by atoms with Gasteiger partial charge in [-0.05, 0) is 43.4 Å². The molecule has 2 N–H and O–H groups in total. The molecule has 1 fully saturated rings. The number of benzene rings is 1. The minimum atomic E-state index is 0.279. The average Bonchev–Trinajstić information content (AvgIpc) is 2.40. The molecule has 18 heavy (non-hydrogen) atoms. The van der Waals surface area contributed by atoms with E-state index in [1.54, 1.807) is 7.11 Å². The molecule has 100 valence electrons. The standard InChI is InChI=1S/C15H23NO2/c1-3-18-15-10-11(8-9-14(15)17-2)12-6-4-5-7-13(12)16/h8-10,12-13H,3-7,16H2,1-2H3/t12-,13-/m0/s1. The average molecular weight is 249 g/mol. The van der Waals surface area contributed by atoms with Gasteiger partial charge in [-0.1, -0.05) is 18.9 Å². The molecule has 1 aromatic rings. The van der Waals surface area contributed by atoms with Crippen molar-refractivity contribution in [2.75, 3.05) is 13.7 Å². The maximum atomic E-state index is 6.23. The lowest BCUT2D eigenvalue weighted by atomic mass is 9.80. The molecule has 3 heteroatoms. The molecule has 1 saturated carbocycles. The van der Waals surface area contributed by atoms with Crippen LogP contribution >= 0.6 is 0 Å². The van der Waals surface area contributed by atoms with Gasteiger partial charge in [0.25, 0.3) is 0 Å². The predicted octanol–water partition coefficient (Wildman–Crippen LogP) is 3.08. The van der Waals surface area contributed by atoms with Crippen LogP contribution in [0.3, 0.4) is 0 Å². The van der Waals surface area contributed by atoms with Crippen molar-refractivity contribution < 1.29 is 9.47 Å². The van der Waals surface area contributed by atoms with Crippen molar-refractivity contribution >= 4 is 0 Å². The SMILES string of the molecule is CCOc1cc([C@@H]2CCCC[C@@H]2N)ccc1OC. The van der Waals surface area contributed by atoms with Crippen LogP contribution in [0.1, 0.15) is 44.1 Å². The van der Waals surface area contributed by atoms with E-state index in [0.29, 0.717) is 12.5 Å². The molecule has 2 rings (SSSR count).